The summed E-state index contributed by atoms with van der Waals surface area (Å²) in [5.41, 5.74) is 0.461. The van der Waals surface area contributed by atoms with Crippen molar-refractivity contribution in [3.63, 3.8) is 0 Å². The number of aliphatic hydroxyl groups is 1. The van der Waals surface area contributed by atoms with E-state index in [1.165, 1.54) is 4.90 Å². The van der Waals surface area contributed by atoms with Gasteiger partial charge in [-0.2, -0.15) is 0 Å². The van der Waals surface area contributed by atoms with Gasteiger partial charge in [-0.05, 0) is 56.2 Å². The Bertz CT molecular complexity index is 1150. The van der Waals surface area contributed by atoms with Crippen LogP contribution in [0.25, 0.3) is 5.76 Å². The number of rotatable bonds is 9. The van der Waals surface area contributed by atoms with Gasteiger partial charge in [0.1, 0.15) is 29.1 Å². The minimum absolute atomic E-state index is 0.0270. The molecule has 1 N–H and O–H groups in total. The molecule has 33 heavy (non-hydrogen) atoms. The summed E-state index contributed by atoms with van der Waals surface area (Å²) in [6.45, 7) is 5.38. The first-order chi connectivity index (χ1) is 16.0. The lowest BCUT2D eigenvalue weighted by Crippen LogP contribution is -2.31. The Labute approximate surface area is 192 Å². The molecule has 8 heteroatoms. The van der Waals surface area contributed by atoms with Crippen molar-refractivity contribution >= 4 is 17.4 Å². The summed E-state index contributed by atoms with van der Waals surface area (Å²) in [4.78, 5) is 31.5. The van der Waals surface area contributed by atoms with Crippen molar-refractivity contribution < 1.29 is 23.8 Å². The SMILES string of the molecule is CCCOc1ccc(C(O)=C2C(=O)C(=O)N(CCCn3ccnc3)[C@@H]2c2ccc(C)o2)cc1. The van der Waals surface area contributed by atoms with Crippen molar-refractivity contribution in [3.05, 3.63) is 77.8 Å². The van der Waals surface area contributed by atoms with Crippen LogP contribution in [0.2, 0.25) is 0 Å². The molecule has 1 saturated heterocycles. The van der Waals surface area contributed by atoms with Crippen LogP contribution in [0.3, 0.4) is 0 Å². The maximum Gasteiger partial charge on any atom is 0.295 e. The normalized spacial score (nSPS) is 17.6. The van der Waals surface area contributed by atoms with Crippen LogP contribution in [-0.2, 0) is 16.1 Å². The van der Waals surface area contributed by atoms with Crippen molar-refractivity contribution in [2.45, 2.75) is 39.3 Å². The molecule has 0 unspecified atom stereocenters. The Balaban J connectivity index is 1.65. The summed E-state index contributed by atoms with van der Waals surface area (Å²) in [6.07, 6.45) is 6.73. The zero-order chi connectivity index (χ0) is 23.4. The zero-order valence-electron chi connectivity index (χ0n) is 18.7. The zero-order valence-corrected chi connectivity index (χ0v) is 18.7. The third kappa shape index (κ3) is 4.69. The van der Waals surface area contributed by atoms with Crippen LogP contribution in [0, 0.1) is 6.92 Å². The first-order valence-electron chi connectivity index (χ1n) is 11.0. The molecule has 172 valence electrons. The van der Waals surface area contributed by atoms with E-state index in [1.807, 2.05) is 17.7 Å². The topological polar surface area (TPSA) is 97.8 Å². The maximum absolute atomic E-state index is 13.0. The van der Waals surface area contributed by atoms with E-state index in [9.17, 15) is 14.7 Å². The fourth-order valence-electron chi connectivity index (χ4n) is 3.93. The van der Waals surface area contributed by atoms with Gasteiger partial charge in [-0.1, -0.05) is 6.92 Å². The highest BCUT2D eigenvalue weighted by atomic mass is 16.5. The van der Waals surface area contributed by atoms with Crippen molar-refractivity contribution in [1.82, 2.24) is 14.5 Å². The molecule has 0 aliphatic carbocycles. The van der Waals surface area contributed by atoms with Gasteiger partial charge >= 0.3 is 0 Å². The van der Waals surface area contributed by atoms with Crippen molar-refractivity contribution in [2.75, 3.05) is 13.2 Å². The minimum atomic E-state index is -0.794. The summed E-state index contributed by atoms with van der Waals surface area (Å²) < 4.78 is 13.3. The molecule has 1 aliphatic rings. The van der Waals surface area contributed by atoms with Gasteiger partial charge in [-0.25, -0.2) is 4.98 Å². The van der Waals surface area contributed by atoms with Crippen molar-refractivity contribution in [1.29, 1.82) is 0 Å². The van der Waals surface area contributed by atoms with Crippen LogP contribution in [-0.4, -0.2) is 44.4 Å². The summed E-state index contributed by atoms with van der Waals surface area (Å²) >= 11 is 0. The Morgan fingerprint density at radius 3 is 2.58 bits per heavy atom. The van der Waals surface area contributed by atoms with Crippen LogP contribution < -0.4 is 4.74 Å². The van der Waals surface area contributed by atoms with Gasteiger partial charge in [0.15, 0.2) is 0 Å². The van der Waals surface area contributed by atoms with E-state index in [4.69, 9.17) is 9.15 Å². The van der Waals surface area contributed by atoms with Gasteiger partial charge < -0.3 is 23.7 Å². The number of aromatic nitrogens is 2. The van der Waals surface area contributed by atoms with Crippen molar-refractivity contribution in [3.8, 4) is 5.75 Å². The van der Waals surface area contributed by atoms with E-state index in [-0.39, 0.29) is 11.3 Å². The molecule has 3 heterocycles. The molecule has 0 bridgehead atoms. The Hall–Kier alpha value is -3.81. The fraction of sp³-hybridized carbons (Fsp3) is 0.320. The van der Waals surface area contributed by atoms with E-state index < -0.39 is 17.7 Å². The van der Waals surface area contributed by atoms with Crippen LogP contribution in [0.1, 0.15) is 42.9 Å². The number of aliphatic hydroxyl groups excluding tert-OH is 1. The number of carbonyl (C=O) groups is 2. The molecule has 0 saturated carbocycles. The van der Waals surface area contributed by atoms with E-state index in [2.05, 4.69) is 4.98 Å². The smallest absolute Gasteiger partial charge is 0.295 e. The highest BCUT2D eigenvalue weighted by molar-refractivity contribution is 6.46. The van der Waals surface area contributed by atoms with Gasteiger partial charge in [0, 0.05) is 31.0 Å². The second kappa shape index (κ2) is 9.77. The minimum Gasteiger partial charge on any atom is -0.507 e. The molecular weight excluding hydrogens is 422 g/mol. The largest absolute Gasteiger partial charge is 0.507 e. The second-order valence-electron chi connectivity index (χ2n) is 7.97. The van der Waals surface area contributed by atoms with E-state index in [0.717, 1.165) is 6.42 Å². The molecule has 1 amide bonds. The van der Waals surface area contributed by atoms with Crippen LogP contribution in [0.4, 0.5) is 0 Å². The van der Waals surface area contributed by atoms with E-state index >= 15 is 0 Å². The number of Topliss-reactive ketones (excluding diaryl/α,β-unsaturated/α-hetero) is 1. The number of imidazole rings is 1. The van der Waals surface area contributed by atoms with Crippen LogP contribution in [0.5, 0.6) is 5.75 Å². The average molecular weight is 450 g/mol. The number of likely N-dealkylation sites (tertiary alicyclic amines) is 1. The molecule has 1 atom stereocenters. The predicted molar refractivity (Wildman–Crippen MR) is 122 cm³/mol. The van der Waals surface area contributed by atoms with Gasteiger partial charge in [-0.15, -0.1) is 0 Å². The lowest BCUT2D eigenvalue weighted by Gasteiger charge is -2.23. The van der Waals surface area contributed by atoms with Gasteiger partial charge in [0.25, 0.3) is 11.7 Å². The first kappa shape index (κ1) is 22.4. The van der Waals surface area contributed by atoms with Gasteiger partial charge in [-0.3, -0.25) is 9.59 Å². The maximum atomic E-state index is 13.0. The monoisotopic (exact) mass is 449 g/mol. The number of ether oxygens (including phenoxy) is 1. The third-order valence-corrected chi connectivity index (χ3v) is 5.55. The van der Waals surface area contributed by atoms with Crippen LogP contribution >= 0.6 is 0 Å². The predicted octanol–water partition coefficient (Wildman–Crippen LogP) is 4.09. The molecule has 2 aromatic heterocycles. The number of carbonyl (C=O) groups excluding carboxylic acids is 2. The quantitative estimate of drug-likeness (QED) is 0.300. The lowest BCUT2D eigenvalue weighted by molar-refractivity contribution is -0.140. The molecular formula is C25H27N3O5. The Morgan fingerprint density at radius 2 is 1.94 bits per heavy atom. The standard InChI is InChI=1S/C25H27N3O5/c1-3-15-32-19-8-6-18(7-9-19)23(29)21-22(20-10-5-17(2)33-20)28(25(31)24(21)30)13-4-12-27-14-11-26-16-27/h5-11,14,16,22,29H,3-4,12-13,15H2,1-2H3/t22-/m1/s1. The summed E-state index contributed by atoms with van der Waals surface area (Å²) in [5.74, 6) is 0.174. The molecule has 1 aromatic carbocycles. The number of benzene rings is 1. The molecule has 0 radical (unpaired) electrons. The number of ketones is 1. The Morgan fingerprint density at radius 1 is 1.15 bits per heavy atom. The average Bonchev–Trinajstić information content (AvgIpc) is 3.54. The molecule has 8 nitrogen and oxygen atoms in total. The lowest BCUT2D eigenvalue weighted by atomic mass is 9.99. The fourth-order valence-corrected chi connectivity index (χ4v) is 3.93. The summed E-state index contributed by atoms with van der Waals surface area (Å²) in [6, 6.07) is 9.55. The number of aryl methyl sites for hydroxylation is 2. The number of furan rings is 1. The molecule has 1 aliphatic heterocycles. The van der Waals surface area contributed by atoms with E-state index in [0.29, 0.717) is 49.0 Å². The summed E-state index contributed by atoms with van der Waals surface area (Å²) in [5, 5.41) is 11.1. The summed E-state index contributed by atoms with van der Waals surface area (Å²) in [7, 11) is 0. The van der Waals surface area contributed by atoms with E-state index in [1.54, 1.807) is 55.8 Å². The highest BCUT2D eigenvalue weighted by Crippen LogP contribution is 2.40. The molecule has 3 aromatic rings. The molecule has 1 fully saturated rings. The number of nitrogens with zero attached hydrogens (tertiary/aromatic N) is 3. The Kier molecular flexibility index (Phi) is 6.63. The number of amides is 1. The van der Waals surface area contributed by atoms with Crippen LogP contribution in [0.15, 0.2) is 65.1 Å². The number of hydrogen-bond donors (Lipinski definition) is 1. The molecule has 4 rings (SSSR count). The van der Waals surface area contributed by atoms with Crippen molar-refractivity contribution in [2.24, 2.45) is 0 Å². The molecule has 0 spiro atoms. The third-order valence-electron chi connectivity index (χ3n) is 5.55. The highest BCUT2D eigenvalue weighted by Gasteiger charge is 2.47. The first-order valence-corrected chi connectivity index (χ1v) is 11.0. The second-order valence-corrected chi connectivity index (χ2v) is 7.97. The number of hydrogen-bond acceptors (Lipinski definition) is 6. The van der Waals surface area contributed by atoms with Gasteiger partial charge in [0.05, 0.1) is 18.5 Å². The van der Waals surface area contributed by atoms with Gasteiger partial charge in [0.2, 0.25) is 0 Å².